The van der Waals surface area contributed by atoms with Gasteiger partial charge < -0.3 is 18.9 Å². The van der Waals surface area contributed by atoms with Crippen LogP contribution in [0.5, 0.6) is 0 Å². The highest BCUT2D eigenvalue weighted by molar-refractivity contribution is 6.66. The molecule has 78 valence electrons. The van der Waals surface area contributed by atoms with E-state index in [0.29, 0.717) is 12.6 Å². The topological polar surface area (TPSA) is 56.8 Å². The third kappa shape index (κ3) is 4.86. The van der Waals surface area contributed by atoms with Gasteiger partial charge in [-0.05, 0) is 6.55 Å². The van der Waals surface area contributed by atoms with Gasteiger partial charge in [0.25, 0.3) is 0 Å². The summed E-state index contributed by atoms with van der Waals surface area (Å²) in [5.41, 5.74) is 0. The van der Waals surface area contributed by atoms with E-state index in [9.17, 15) is 4.79 Å². The number of nitrogens with one attached hydrogen (secondary N) is 1. The van der Waals surface area contributed by atoms with Crippen molar-refractivity contribution in [1.29, 1.82) is 0 Å². The summed E-state index contributed by atoms with van der Waals surface area (Å²) in [6, 6.07) is 0.703. The average molecular weight is 207 g/mol. The molecule has 0 aromatic heterocycles. The first-order chi connectivity index (χ1) is 6.08. The van der Waals surface area contributed by atoms with Gasteiger partial charge in [-0.3, -0.25) is 0 Å². The predicted molar refractivity (Wildman–Crippen MR) is 50.9 cm³/mol. The molecule has 0 aromatic rings. The minimum absolute atomic E-state index is 0.427. The summed E-state index contributed by atoms with van der Waals surface area (Å²) in [6.07, 6.45) is -0.427. The fourth-order valence-electron chi connectivity index (χ4n) is 0.751. The van der Waals surface area contributed by atoms with E-state index in [4.69, 9.17) is 8.85 Å². The second-order valence-corrected chi connectivity index (χ2v) is 6.29. The molecule has 0 atom stereocenters. The summed E-state index contributed by atoms with van der Waals surface area (Å²) < 4.78 is 14.9. The molecule has 0 aliphatic rings. The Hall–Kier alpha value is -0.593. The molecule has 0 fully saturated rings. The SMILES string of the molecule is COC(=O)NCC[Si](C)(OC)OC. The molecule has 0 aromatic carbocycles. The number of hydrogen-bond donors (Lipinski definition) is 1. The predicted octanol–water partition coefficient (Wildman–Crippen LogP) is 0.707. The lowest BCUT2D eigenvalue weighted by Crippen LogP contribution is -2.40. The minimum atomic E-state index is -2.05. The highest BCUT2D eigenvalue weighted by Crippen LogP contribution is 2.09. The van der Waals surface area contributed by atoms with Gasteiger partial charge in [-0.25, -0.2) is 4.79 Å². The van der Waals surface area contributed by atoms with Crippen LogP contribution in [-0.4, -0.2) is 42.5 Å². The van der Waals surface area contributed by atoms with Crippen molar-refractivity contribution in [2.24, 2.45) is 0 Å². The van der Waals surface area contributed by atoms with E-state index in [0.717, 1.165) is 0 Å². The van der Waals surface area contributed by atoms with Gasteiger partial charge in [0, 0.05) is 26.8 Å². The number of hydrogen-bond acceptors (Lipinski definition) is 4. The van der Waals surface area contributed by atoms with Crippen molar-refractivity contribution >= 4 is 14.7 Å². The summed E-state index contributed by atoms with van der Waals surface area (Å²) in [7, 11) is 2.52. The lowest BCUT2D eigenvalue weighted by atomic mass is 10.7. The van der Waals surface area contributed by atoms with Crippen molar-refractivity contribution in [3.05, 3.63) is 0 Å². The van der Waals surface area contributed by atoms with E-state index in [1.165, 1.54) is 7.11 Å². The molecule has 0 saturated carbocycles. The second-order valence-electron chi connectivity index (χ2n) is 2.71. The molecule has 0 unspecified atom stereocenters. The smallest absolute Gasteiger partial charge is 0.406 e. The molecule has 0 heterocycles. The largest absolute Gasteiger partial charge is 0.453 e. The molecular weight excluding hydrogens is 190 g/mol. The number of methoxy groups -OCH3 is 1. The van der Waals surface area contributed by atoms with Crippen molar-refractivity contribution < 1.29 is 18.4 Å². The van der Waals surface area contributed by atoms with Crippen LogP contribution in [0.2, 0.25) is 12.6 Å². The van der Waals surface area contributed by atoms with E-state index < -0.39 is 14.7 Å². The minimum Gasteiger partial charge on any atom is -0.453 e. The van der Waals surface area contributed by atoms with E-state index >= 15 is 0 Å². The Kier molecular flexibility index (Phi) is 5.68. The Labute approximate surface area is 79.6 Å². The maximum Gasteiger partial charge on any atom is 0.406 e. The van der Waals surface area contributed by atoms with Crippen LogP contribution in [0, 0.1) is 0 Å². The number of amides is 1. The standard InChI is InChI=1S/C7H17NO4Si/c1-10-7(9)8-5-6-13(4,11-2)12-3/h5-6H2,1-4H3,(H,8,9). The number of ether oxygens (including phenoxy) is 1. The maximum atomic E-state index is 10.7. The molecule has 1 N–H and O–H groups in total. The highest BCUT2D eigenvalue weighted by atomic mass is 28.4. The zero-order chi connectivity index (χ0) is 10.3. The summed E-state index contributed by atoms with van der Waals surface area (Å²) >= 11 is 0. The van der Waals surface area contributed by atoms with Gasteiger partial charge in [-0.1, -0.05) is 0 Å². The van der Waals surface area contributed by atoms with Gasteiger partial charge in [0.1, 0.15) is 0 Å². The second kappa shape index (κ2) is 5.95. The zero-order valence-corrected chi connectivity index (χ0v) is 9.55. The molecule has 0 aliphatic heterocycles. The lowest BCUT2D eigenvalue weighted by Gasteiger charge is -2.22. The van der Waals surface area contributed by atoms with Crippen molar-refractivity contribution in [2.45, 2.75) is 12.6 Å². The third-order valence-electron chi connectivity index (χ3n) is 1.90. The van der Waals surface area contributed by atoms with Crippen molar-refractivity contribution in [1.82, 2.24) is 5.32 Å². The van der Waals surface area contributed by atoms with Gasteiger partial charge in [0.2, 0.25) is 0 Å². The average Bonchev–Trinajstić information content (AvgIpc) is 2.17. The van der Waals surface area contributed by atoms with Crippen molar-refractivity contribution in [2.75, 3.05) is 27.9 Å². The normalized spacial score (nSPS) is 11.1. The van der Waals surface area contributed by atoms with Crippen LogP contribution in [0.3, 0.4) is 0 Å². The van der Waals surface area contributed by atoms with Gasteiger partial charge >= 0.3 is 14.7 Å². The molecule has 0 rings (SSSR count). The Morgan fingerprint density at radius 3 is 2.23 bits per heavy atom. The van der Waals surface area contributed by atoms with E-state index in [2.05, 4.69) is 10.1 Å². The Bertz CT molecular complexity index is 161. The number of carbonyl (C=O) groups excluding carboxylic acids is 1. The molecule has 6 heteroatoms. The summed E-state index contributed by atoms with van der Waals surface area (Å²) in [6.45, 7) is 2.45. The zero-order valence-electron chi connectivity index (χ0n) is 8.55. The monoisotopic (exact) mass is 207 g/mol. The first-order valence-corrected chi connectivity index (χ1v) is 6.52. The quantitative estimate of drug-likeness (QED) is 0.674. The third-order valence-corrected chi connectivity index (χ3v) is 4.78. The van der Waals surface area contributed by atoms with E-state index in [1.54, 1.807) is 14.2 Å². The van der Waals surface area contributed by atoms with E-state index in [-0.39, 0.29) is 0 Å². The molecule has 0 saturated heterocycles. The number of alkyl carbamates (subject to hydrolysis) is 1. The van der Waals surface area contributed by atoms with Crippen molar-refractivity contribution in [3.63, 3.8) is 0 Å². The number of rotatable bonds is 5. The molecular formula is C7H17NO4Si. The van der Waals surface area contributed by atoms with Crippen LogP contribution >= 0.6 is 0 Å². The van der Waals surface area contributed by atoms with Crippen LogP contribution in [0.15, 0.2) is 0 Å². The first-order valence-electron chi connectivity index (χ1n) is 4.00. The molecule has 0 spiro atoms. The van der Waals surface area contributed by atoms with Crippen LogP contribution in [-0.2, 0) is 13.6 Å². The van der Waals surface area contributed by atoms with Crippen molar-refractivity contribution in [3.8, 4) is 0 Å². The lowest BCUT2D eigenvalue weighted by molar-refractivity contribution is 0.171. The molecule has 5 nitrogen and oxygen atoms in total. The van der Waals surface area contributed by atoms with Crippen LogP contribution in [0.25, 0.3) is 0 Å². The summed E-state index contributed by atoms with van der Waals surface area (Å²) in [4.78, 5) is 10.7. The molecule has 0 aliphatic carbocycles. The maximum absolute atomic E-state index is 10.7. The first kappa shape index (κ1) is 12.4. The summed E-state index contributed by atoms with van der Waals surface area (Å²) in [5.74, 6) is 0. The Morgan fingerprint density at radius 1 is 1.31 bits per heavy atom. The Balaban J connectivity index is 3.67. The van der Waals surface area contributed by atoms with E-state index in [1.807, 2.05) is 6.55 Å². The van der Waals surface area contributed by atoms with Gasteiger partial charge in [0.05, 0.1) is 7.11 Å². The van der Waals surface area contributed by atoms with Crippen LogP contribution in [0.1, 0.15) is 0 Å². The van der Waals surface area contributed by atoms with Crippen LogP contribution < -0.4 is 5.32 Å². The fraction of sp³-hybridized carbons (Fsp3) is 0.857. The molecule has 0 bridgehead atoms. The number of carbonyl (C=O) groups is 1. The molecule has 13 heavy (non-hydrogen) atoms. The van der Waals surface area contributed by atoms with Gasteiger partial charge in [-0.2, -0.15) is 0 Å². The van der Waals surface area contributed by atoms with Gasteiger partial charge in [0.15, 0.2) is 0 Å². The summed E-state index contributed by atoms with van der Waals surface area (Å²) in [5, 5.41) is 2.57. The van der Waals surface area contributed by atoms with Crippen LogP contribution in [0.4, 0.5) is 4.79 Å². The highest BCUT2D eigenvalue weighted by Gasteiger charge is 2.28. The molecule has 1 amide bonds. The van der Waals surface area contributed by atoms with Gasteiger partial charge in [-0.15, -0.1) is 0 Å². The fourth-order valence-corrected chi connectivity index (χ4v) is 1.91. The molecule has 0 radical (unpaired) electrons. The Morgan fingerprint density at radius 2 is 1.85 bits per heavy atom.